The van der Waals surface area contributed by atoms with Crippen LogP contribution in [0.5, 0.6) is 0 Å². The summed E-state index contributed by atoms with van der Waals surface area (Å²) in [5, 5.41) is 12.5. The molecule has 0 unspecified atom stereocenters. The molecule has 0 amide bonds. The van der Waals surface area contributed by atoms with Crippen molar-refractivity contribution in [1.82, 2.24) is 5.32 Å². The summed E-state index contributed by atoms with van der Waals surface area (Å²) in [6, 6.07) is 0. The second-order valence-corrected chi connectivity index (χ2v) is 2.75. The summed E-state index contributed by atoms with van der Waals surface area (Å²) < 4.78 is 0. The Balaban J connectivity index is 0.000000371. The number of aliphatic hydroxyl groups is 1. The maximum atomic E-state index is 9.33. The highest BCUT2D eigenvalue weighted by atomic mass is 16.3. The quantitative estimate of drug-likeness (QED) is 0.536. The van der Waals surface area contributed by atoms with Gasteiger partial charge in [-0.3, -0.25) is 0 Å². The maximum Gasteiger partial charge on any atom is 0.0644 e. The van der Waals surface area contributed by atoms with E-state index < -0.39 is 0 Å². The van der Waals surface area contributed by atoms with Gasteiger partial charge < -0.3 is 10.4 Å². The van der Waals surface area contributed by atoms with Crippen LogP contribution in [0, 0.1) is 0 Å². The van der Waals surface area contributed by atoms with Gasteiger partial charge in [0.25, 0.3) is 0 Å². The van der Waals surface area contributed by atoms with Crippen LogP contribution in [-0.2, 0) is 0 Å². The molecule has 0 aromatic rings. The fourth-order valence-corrected chi connectivity index (χ4v) is 0.965. The topological polar surface area (TPSA) is 32.3 Å². The van der Waals surface area contributed by atoms with Crippen molar-refractivity contribution in [3.63, 3.8) is 0 Å². The first kappa shape index (κ1) is 9.92. The molecular weight excluding hydrogens is 126 g/mol. The van der Waals surface area contributed by atoms with Gasteiger partial charge in [0.1, 0.15) is 0 Å². The molecule has 2 N–H and O–H groups in total. The van der Waals surface area contributed by atoms with Crippen molar-refractivity contribution >= 4 is 0 Å². The number of rotatable bonds is 0. The first-order valence-corrected chi connectivity index (χ1v) is 4.14. The van der Waals surface area contributed by atoms with E-state index in [2.05, 4.69) is 5.32 Å². The smallest absolute Gasteiger partial charge is 0.0644 e. The Labute approximate surface area is 63.6 Å². The van der Waals surface area contributed by atoms with Crippen molar-refractivity contribution in [2.24, 2.45) is 0 Å². The zero-order chi connectivity index (χ0) is 8.04. The van der Waals surface area contributed by atoms with E-state index in [0.717, 1.165) is 25.9 Å². The van der Waals surface area contributed by atoms with E-state index in [0.29, 0.717) is 0 Å². The molecule has 1 aliphatic heterocycles. The number of hydrogen-bond donors (Lipinski definition) is 2. The molecule has 2 heteroatoms. The predicted molar refractivity (Wildman–Crippen MR) is 44.1 cm³/mol. The Kier molecular flexibility index (Phi) is 4.65. The molecule has 10 heavy (non-hydrogen) atoms. The Morgan fingerprint density at radius 3 is 1.80 bits per heavy atom. The summed E-state index contributed by atoms with van der Waals surface area (Å²) in [6.45, 7) is 7.83. The average molecular weight is 145 g/mol. The highest BCUT2D eigenvalue weighted by Crippen LogP contribution is 2.15. The van der Waals surface area contributed by atoms with Crippen LogP contribution in [0.25, 0.3) is 0 Å². The minimum Gasteiger partial charge on any atom is -0.390 e. The lowest BCUT2D eigenvalue weighted by Gasteiger charge is -2.27. The second-order valence-electron chi connectivity index (χ2n) is 2.75. The van der Waals surface area contributed by atoms with E-state index in [1.165, 1.54) is 0 Å². The molecule has 0 saturated carbocycles. The Hall–Kier alpha value is -0.0800. The van der Waals surface area contributed by atoms with E-state index >= 15 is 0 Å². The zero-order valence-electron chi connectivity index (χ0n) is 7.28. The molecule has 0 bridgehead atoms. The standard InChI is InChI=1S/C6H13NO.C2H6/c1-6(8)2-4-7-5-3-6;1-2/h7-8H,2-5H2,1H3;1-2H3. The molecule has 2 nitrogen and oxygen atoms in total. The van der Waals surface area contributed by atoms with Gasteiger partial charge in [0.15, 0.2) is 0 Å². The molecule has 0 atom stereocenters. The van der Waals surface area contributed by atoms with Crippen LogP contribution in [0.4, 0.5) is 0 Å². The van der Waals surface area contributed by atoms with Gasteiger partial charge in [-0.25, -0.2) is 0 Å². The van der Waals surface area contributed by atoms with Gasteiger partial charge >= 0.3 is 0 Å². The highest BCUT2D eigenvalue weighted by Gasteiger charge is 2.21. The van der Waals surface area contributed by atoms with Crippen molar-refractivity contribution in [3.8, 4) is 0 Å². The van der Waals surface area contributed by atoms with Crippen LogP contribution < -0.4 is 5.32 Å². The lowest BCUT2D eigenvalue weighted by Crippen LogP contribution is -2.39. The SMILES string of the molecule is CC.CC1(O)CCNCC1. The van der Waals surface area contributed by atoms with Crippen molar-refractivity contribution in [3.05, 3.63) is 0 Å². The third-order valence-corrected chi connectivity index (χ3v) is 1.68. The summed E-state index contributed by atoms with van der Waals surface area (Å²) in [6.07, 6.45) is 1.79. The van der Waals surface area contributed by atoms with Crippen LogP contribution in [0.2, 0.25) is 0 Å². The van der Waals surface area contributed by atoms with E-state index in [-0.39, 0.29) is 5.60 Å². The molecule has 1 rings (SSSR count). The minimum atomic E-state index is -0.384. The summed E-state index contributed by atoms with van der Waals surface area (Å²) in [7, 11) is 0. The summed E-state index contributed by atoms with van der Waals surface area (Å²) in [4.78, 5) is 0. The van der Waals surface area contributed by atoms with Crippen molar-refractivity contribution < 1.29 is 5.11 Å². The fourth-order valence-electron chi connectivity index (χ4n) is 0.965. The van der Waals surface area contributed by atoms with Crippen LogP contribution >= 0.6 is 0 Å². The van der Waals surface area contributed by atoms with Crippen LogP contribution in [0.1, 0.15) is 33.6 Å². The van der Waals surface area contributed by atoms with Crippen molar-refractivity contribution in [1.29, 1.82) is 0 Å². The number of nitrogens with one attached hydrogen (secondary N) is 1. The molecular formula is C8H19NO. The number of hydrogen-bond acceptors (Lipinski definition) is 2. The maximum absolute atomic E-state index is 9.33. The van der Waals surface area contributed by atoms with Gasteiger partial charge in [0, 0.05) is 0 Å². The Morgan fingerprint density at radius 2 is 1.60 bits per heavy atom. The van der Waals surface area contributed by atoms with Crippen molar-refractivity contribution in [2.45, 2.75) is 39.2 Å². The molecule has 0 aliphatic carbocycles. The lowest BCUT2D eigenvalue weighted by molar-refractivity contribution is 0.0291. The Morgan fingerprint density at radius 1 is 1.20 bits per heavy atom. The Bertz CT molecular complexity index is 73.3. The zero-order valence-corrected chi connectivity index (χ0v) is 7.28. The summed E-state index contributed by atoms with van der Waals surface area (Å²) >= 11 is 0. The van der Waals surface area contributed by atoms with E-state index in [1.54, 1.807) is 0 Å². The van der Waals surface area contributed by atoms with Gasteiger partial charge in [-0.2, -0.15) is 0 Å². The third kappa shape index (κ3) is 3.85. The van der Waals surface area contributed by atoms with Crippen molar-refractivity contribution in [2.75, 3.05) is 13.1 Å². The van der Waals surface area contributed by atoms with Gasteiger partial charge in [0.05, 0.1) is 5.60 Å². The summed E-state index contributed by atoms with van der Waals surface area (Å²) in [5.41, 5.74) is -0.384. The van der Waals surface area contributed by atoms with Gasteiger partial charge in [-0.05, 0) is 32.9 Å². The normalized spacial score (nSPS) is 22.8. The molecule has 0 aromatic heterocycles. The molecule has 1 saturated heterocycles. The molecule has 1 fully saturated rings. The highest BCUT2D eigenvalue weighted by molar-refractivity contribution is 4.78. The molecule has 0 spiro atoms. The van der Waals surface area contributed by atoms with Gasteiger partial charge in [-0.15, -0.1) is 0 Å². The molecule has 1 heterocycles. The van der Waals surface area contributed by atoms with E-state index in [1.807, 2.05) is 20.8 Å². The van der Waals surface area contributed by atoms with Crippen LogP contribution in [-0.4, -0.2) is 23.8 Å². The van der Waals surface area contributed by atoms with E-state index in [9.17, 15) is 5.11 Å². The number of piperidine rings is 1. The molecule has 0 radical (unpaired) electrons. The first-order chi connectivity index (χ1) is 4.71. The minimum absolute atomic E-state index is 0.384. The molecule has 1 aliphatic rings. The van der Waals surface area contributed by atoms with Gasteiger partial charge in [0.2, 0.25) is 0 Å². The summed E-state index contributed by atoms with van der Waals surface area (Å²) in [5.74, 6) is 0. The van der Waals surface area contributed by atoms with Crippen LogP contribution in [0.15, 0.2) is 0 Å². The fraction of sp³-hybridized carbons (Fsp3) is 1.00. The van der Waals surface area contributed by atoms with Gasteiger partial charge in [-0.1, -0.05) is 13.8 Å². The first-order valence-electron chi connectivity index (χ1n) is 4.14. The van der Waals surface area contributed by atoms with E-state index in [4.69, 9.17) is 0 Å². The third-order valence-electron chi connectivity index (χ3n) is 1.68. The molecule has 62 valence electrons. The second kappa shape index (κ2) is 4.69. The largest absolute Gasteiger partial charge is 0.390 e. The monoisotopic (exact) mass is 145 g/mol. The predicted octanol–water partition coefficient (Wildman–Crippen LogP) is 1.15. The average Bonchev–Trinajstić information content (AvgIpc) is 1.92. The molecule has 0 aromatic carbocycles. The lowest BCUT2D eigenvalue weighted by atomic mass is 9.95. The van der Waals surface area contributed by atoms with Crippen LogP contribution in [0.3, 0.4) is 0 Å².